The molecule has 21 heavy (non-hydrogen) atoms. The number of rotatable bonds is 7. The number of thioether (sulfide) groups is 1. The molecule has 0 saturated heterocycles. The second-order valence-electron chi connectivity index (χ2n) is 4.55. The zero-order valence-corrected chi connectivity index (χ0v) is 13.0. The second-order valence-corrected chi connectivity index (χ2v) is 5.49. The van der Waals surface area contributed by atoms with Crippen LogP contribution in [-0.4, -0.2) is 38.4 Å². The number of aryl methyl sites for hydroxylation is 1. The highest BCUT2D eigenvalue weighted by Crippen LogP contribution is 2.17. The minimum absolute atomic E-state index is 0.0159. The molecule has 0 fully saturated rings. The third-order valence-electron chi connectivity index (χ3n) is 2.94. The van der Waals surface area contributed by atoms with E-state index in [1.807, 2.05) is 23.6 Å². The number of allylic oxidation sites excluding steroid dienone is 1. The third-order valence-corrected chi connectivity index (χ3v) is 3.89. The molecule has 2 rings (SSSR count). The predicted octanol–water partition coefficient (Wildman–Crippen LogP) is 2.12. The molecule has 112 valence electrons. The Morgan fingerprint density at radius 2 is 2.38 bits per heavy atom. The van der Waals surface area contributed by atoms with E-state index < -0.39 is 0 Å². The van der Waals surface area contributed by atoms with Gasteiger partial charge in [-0.2, -0.15) is 0 Å². The Labute approximate surface area is 127 Å². The van der Waals surface area contributed by atoms with Gasteiger partial charge in [-0.1, -0.05) is 17.8 Å². The van der Waals surface area contributed by atoms with Crippen molar-refractivity contribution in [3.05, 3.63) is 42.6 Å². The summed E-state index contributed by atoms with van der Waals surface area (Å²) in [5.41, 5.74) is 0. The van der Waals surface area contributed by atoms with Gasteiger partial charge in [0.25, 0.3) is 0 Å². The first kappa shape index (κ1) is 15.4. The van der Waals surface area contributed by atoms with Crippen LogP contribution in [0.5, 0.6) is 0 Å². The SMILES string of the molecule is C=CCn1c(C)nnc1SCC(=O)N(C)Cc1ccco1. The van der Waals surface area contributed by atoms with Crippen LogP contribution in [-0.2, 0) is 17.9 Å². The standard InChI is InChI=1S/C14H18N4O2S/c1-4-7-18-11(2)15-16-14(18)21-10-13(19)17(3)9-12-6-5-8-20-12/h4-6,8H,1,7,9-10H2,2-3H3. The zero-order valence-electron chi connectivity index (χ0n) is 12.2. The summed E-state index contributed by atoms with van der Waals surface area (Å²) in [4.78, 5) is 13.7. The van der Waals surface area contributed by atoms with Crippen molar-refractivity contribution in [2.75, 3.05) is 12.8 Å². The summed E-state index contributed by atoms with van der Waals surface area (Å²) in [6.07, 6.45) is 3.38. The number of hydrogen-bond acceptors (Lipinski definition) is 5. The van der Waals surface area contributed by atoms with Gasteiger partial charge in [0.2, 0.25) is 5.91 Å². The summed E-state index contributed by atoms with van der Waals surface area (Å²) < 4.78 is 7.16. The molecule has 2 aromatic rings. The average Bonchev–Trinajstić information content (AvgIpc) is 3.08. The summed E-state index contributed by atoms with van der Waals surface area (Å²) in [5.74, 6) is 1.91. The lowest BCUT2D eigenvalue weighted by molar-refractivity contribution is -0.127. The summed E-state index contributed by atoms with van der Waals surface area (Å²) in [6.45, 7) is 6.69. The number of hydrogen-bond donors (Lipinski definition) is 0. The molecule has 0 aliphatic heterocycles. The van der Waals surface area contributed by atoms with E-state index in [2.05, 4.69) is 16.8 Å². The lowest BCUT2D eigenvalue weighted by atomic mass is 10.4. The van der Waals surface area contributed by atoms with Gasteiger partial charge in [-0.25, -0.2) is 0 Å². The Morgan fingerprint density at radius 1 is 1.57 bits per heavy atom. The van der Waals surface area contributed by atoms with E-state index in [0.29, 0.717) is 18.8 Å². The number of aromatic nitrogens is 3. The van der Waals surface area contributed by atoms with E-state index in [1.54, 1.807) is 24.3 Å². The third kappa shape index (κ3) is 3.98. The van der Waals surface area contributed by atoms with E-state index in [1.165, 1.54) is 11.8 Å². The highest BCUT2D eigenvalue weighted by molar-refractivity contribution is 7.99. The molecule has 0 spiro atoms. The van der Waals surface area contributed by atoms with Crippen LogP contribution < -0.4 is 0 Å². The van der Waals surface area contributed by atoms with Crippen molar-refractivity contribution in [1.82, 2.24) is 19.7 Å². The number of amides is 1. The fourth-order valence-electron chi connectivity index (χ4n) is 1.77. The Morgan fingerprint density at radius 3 is 3.05 bits per heavy atom. The molecule has 2 heterocycles. The highest BCUT2D eigenvalue weighted by Gasteiger charge is 2.14. The normalized spacial score (nSPS) is 10.6. The minimum atomic E-state index is 0.0159. The van der Waals surface area contributed by atoms with Crippen LogP contribution in [0.15, 0.2) is 40.6 Å². The fraction of sp³-hybridized carbons (Fsp3) is 0.357. The van der Waals surface area contributed by atoms with Crippen molar-refractivity contribution in [1.29, 1.82) is 0 Å². The van der Waals surface area contributed by atoms with Crippen LogP contribution in [0.25, 0.3) is 0 Å². The Hall–Kier alpha value is -2.02. The largest absolute Gasteiger partial charge is 0.467 e. The van der Waals surface area contributed by atoms with Crippen molar-refractivity contribution in [3.63, 3.8) is 0 Å². The van der Waals surface area contributed by atoms with Crippen LogP contribution in [0.4, 0.5) is 0 Å². The summed E-state index contributed by atoms with van der Waals surface area (Å²) in [5, 5.41) is 8.83. The van der Waals surface area contributed by atoms with Crippen LogP contribution >= 0.6 is 11.8 Å². The average molecular weight is 306 g/mol. The zero-order chi connectivity index (χ0) is 15.2. The quantitative estimate of drug-likeness (QED) is 0.579. The minimum Gasteiger partial charge on any atom is -0.467 e. The van der Waals surface area contributed by atoms with Crippen molar-refractivity contribution in [2.45, 2.75) is 25.2 Å². The summed E-state index contributed by atoms with van der Waals surface area (Å²) >= 11 is 1.38. The summed E-state index contributed by atoms with van der Waals surface area (Å²) in [6, 6.07) is 3.66. The summed E-state index contributed by atoms with van der Waals surface area (Å²) in [7, 11) is 1.76. The smallest absolute Gasteiger partial charge is 0.233 e. The van der Waals surface area contributed by atoms with Gasteiger partial charge in [-0.3, -0.25) is 4.79 Å². The van der Waals surface area contributed by atoms with Crippen molar-refractivity contribution in [2.24, 2.45) is 0 Å². The molecule has 0 atom stereocenters. The van der Waals surface area contributed by atoms with Gasteiger partial charge in [0.1, 0.15) is 11.6 Å². The topological polar surface area (TPSA) is 64.2 Å². The Bertz CT molecular complexity index is 607. The van der Waals surface area contributed by atoms with Gasteiger partial charge >= 0.3 is 0 Å². The maximum atomic E-state index is 12.1. The molecule has 0 aliphatic rings. The molecule has 0 aliphatic carbocycles. The molecule has 0 N–H and O–H groups in total. The van der Waals surface area contributed by atoms with Crippen molar-refractivity contribution < 1.29 is 9.21 Å². The lowest BCUT2D eigenvalue weighted by Crippen LogP contribution is -2.27. The highest BCUT2D eigenvalue weighted by atomic mass is 32.2. The molecule has 2 aromatic heterocycles. The van der Waals surface area contributed by atoms with Crippen molar-refractivity contribution in [3.8, 4) is 0 Å². The molecule has 1 amide bonds. The van der Waals surface area contributed by atoms with Crippen LogP contribution in [0.3, 0.4) is 0 Å². The molecule has 0 aromatic carbocycles. The first-order valence-electron chi connectivity index (χ1n) is 6.51. The molecule has 7 heteroatoms. The number of furan rings is 1. The Kier molecular flexibility index (Phi) is 5.21. The maximum absolute atomic E-state index is 12.1. The molecule has 0 bridgehead atoms. The Balaban J connectivity index is 1.90. The van der Waals surface area contributed by atoms with Gasteiger partial charge in [0, 0.05) is 13.6 Å². The van der Waals surface area contributed by atoms with Gasteiger partial charge in [-0.15, -0.1) is 16.8 Å². The van der Waals surface area contributed by atoms with E-state index in [4.69, 9.17) is 4.42 Å². The molecular weight excluding hydrogens is 288 g/mol. The van der Waals surface area contributed by atoms with E-state index >= 15 is 0 Å². The second kappa shape index (κ2) is 7.12. The van der Waals surface area contributed by atoms with Gasteiger partial charge < -0.3 is 13.9 Å². The van der Waals surface area contributed by atoms with E-state index in [0.717, 1.165) is 16.7 Å². The lowest BCUT2D eigenvalue weighted by Gasteiger charge is -2.15. The predicted molar refractivity (Wildman–Crippen MR) is 80.9 cm³/mol. The molecular formula is C14H18N4O2S. The first-order valence-corrected chi connectivity index (χ1v) is 7.50. The van der Waals surface area contributed by atoms with Crippen LogP contribution in [0, 0.1) is 6.92 Å². The molecule has 0 unspecified atom stereocenters. The van der Waals surface area contributed by atoms with Crippen molar-refractivity contribution >= 4 is 17.7 Å². The number of nitrogens with zero attached hydrogens (tertiary/aromatic N) is 4. The van der Waals surface area contributed by atoms with E-state index in [9.17, 15) is 4.79 Å². The van der Waals surface area contributed by atoms with Gasteiger partial charge in [-0.05, 0) is 19.1 Å². The van der Waals surface area contributed by atoms with Crippen LogP contribution in [0.2, 0.25) is 0 Å². The monoisotopic (exact) mass is 306 g/mol. The molecule has 0 saturated carbocycles. The molecule has 0 radical (unpaired) electrons. The molecule has 6 nitrogen and oxygen atoms in total. The fourth-order valence-corrected chi connectivity index (χ4v) is 2.70. The van der Waals surface area contributed by atoms with E-state index in [-0.39, 0.29) is 5.91 Å². The number of carbonyl (C=O) groups excluding carboxylic acids is 1. The van der Waals surface area contributed by atoms with Gasteiger partial charge in [0.15, 0.2) is 5.16 Å². The van der Waals surface area contributed by atoms with Gasteiger partial charge in [0.05, 0.1) is 18.6 Å². The number of carbonyl (C=O) groups is 1. The first-order chi connectivity index (χ1) is 10.1. The maximum Gasteiger partial charge on any atom is 0.233 e. The van der Waals surface area contributed by atoms with Crippen LogP contribution in [0.1, 0.15) is 11.6 Å².